The largest absolute Gasteiger partial charge is 0.478 e. The van der Waals surface area contributed by atoms with Gasteiger partial charge in [0.1, 0.15) is 12.4 Å². The molecule has 1 aliphatic rings. The SMILES string of the molecule is O=C(O)c1ccc(CNc2cc(C3CCN(C(=O)OCc4ccccc4)CC3)nc3c(Br)cnn23)cc1. The Balaban J connectivity index is 1.25. The first kappa shape index (κ1) is 24.8. The number of piperidine rings is 1. The average molecular weight is 564 g/mol. The van der Waals surface area contributed by atoms with Crippen molar-refractivity contribution < 1.29 is 19.4 Å². The Hall–Kier alpha value is -3.92. The standard InChI is InChI=1S/C27H26BrN5O4/c28-22-16-30-33-24(29-15-18-6-8-21(9-7-18)26(34)35)14-23(31-25(22)33)20-10-12-32(13-11-20)27(36)37-17-19-4-2-1-3-5-19/h1-9,14,16,20,29H,10-13,15,17H2,(H,34,35). The number of carboxylic acids is 1. The van der Waals surface area contributed by atoms with Crippen LogP contribution >= 0.6 is 15.9 Å². The third-order valence-electron chi connectivity index (χ3n) is 6.50. The Morgan fingerprint density at radius 3 is 2.49 bits per heavy atom. The van der Waals surface area contributed by atoms with Crippen LogP contribution in [0.5, 0.6) is 0 Å². The lowest BCUT2D eigenvalue weighted by molar-refractivity contribution is 0.0696. The van der Waals surface area contributed by atoms with Gasteiger partial charge in [0.15, 0.2) is 5.65 Å². The quantitative estimate of drug-likeness (QED) is 0.313. The number of carboxylic acid groups (broad SMARTS) is 1. The maximum absolute atomic E-state index is 12.6. The second-order valence-corrected chi connectivity index (χ2v) is 9.81. The molecule has 2 aromatic carbocycles. The fraction of sp³-hybridized carbons (Fsp3) is 0.259. The third-order valence-corrected chi connectivity index (χ3v) is 7.06. The number of nitrogens with one attached hydrogen (secondary N) is 1. The van der Waals surface area contributed by atoms with E-state index in [9.17, 15) is 9.59 Å². The molecule has 9 nitrogen and oxygen atoms in total. The number of amides is 1. The maximum Gasteiger partial charge on any atom is 0.410 e. The van der Waals surface area contributed by atoms with Gasteiger partial charge in [-0.15, -0.1) is 0 Å². The highest BCUT2D eigenvalue weighted by Crippen LogP contribution is 2.31. The molecule has 4 aromatic rings. The predicted octanol–water partition coefficient (Wildman–Crippen LogP) is 5.32. The zero-order valence-electron chi connectivity index (χ0n) is 20.0. The van der Waals surface area contributed by atoms with Gasteiger partial charge in [0.25, 0.3) is 0 Å². The van der Waals surface area contributed by atoms with Gasteiger partial charge in [-0.05, 0) is 52.0 Å². The van der Waals surface area contributed by atoms with E-state index in [1.807, 2.05) is 36.4 Å². The van der Waals surface area contributed by atoms with Crippen molar-refractivity contribution in [3.05, 3.63) is 93.7 Å². The van der Waals surface area contributed by atoms with Crippen LogP contribution in [0, 0.1) is 0 Å². The smallest absolute Gasteiger partial charge is 0.410 e. The number of hydrogen-bond donors (Lipinski definition) is 2. The summed E-state index contributed by atoms with van der Waals surface area (Å²) in [5.41, 5.74) is 3.82. The molecule has 0 unspecified atom stereocenters. The molecule has 1 aliphatic heterocycles. The highest BCUT2D eigenvalue weighted by molar-refractivity contribution is 9.10. The van der Waals surface area contributed by atoms with Gasteiger partial charge in [0, 0.05) is 37.3 Å². The summed E-state index contributed by atoms with van der Waals surface area (Å²) in [5, 5.41) is 17.0. The number of aromatic nitrogens is 3. The first-order chi connectivity index (χ1) is 18.0. The highest BCUT2D eigenvalue weighted by Gasteiger charge is 2.26. The zero-order valence-corrected chi connectivity index (χ0v) is 21.6. The highest BCUT2D eigenvalue weighted by atomic mass is 79.9. The number of nitrogens with zero attached hydrogens (tertiary/aromatic N) is 4. The molecule has 0 radical (unpaired) electrons. The van der Waals surface area contributed by atoms with Crippen molar-refractivity contribution in [3.63, 3.8) is 0 Å². The Labute approximate surface area is 222 Å². The first-order valence-electron chi connectivity index (χ1n) is 12.0. The summed E-state index contributed by atoms with van der Waals surface area (Å²) in [4.78, 5) is 30.3. The third kappa shape index (κ3) is 5.75. The van der Waals surface area contributed by atoms with E-state index in [2.05, 4.69) is 26.3 Å². The van der Waals surface area contributed by atoms with Crippen LogP contribution in [0.25, 0.3) is 5.65 Å². The first-order valence-corrected chi connectivity index (χ1v) is 12.8. The average Bonchev–Trinajstić information content (AvgIpc) is 3.31. The van der Waals surface area contributed by atoms with Crippen LogP contribution in [-0.4, -0.2) is 49.8 Å². The van der Waals surface area contributed by atoms with Gasteiger partial charge in [0.05, 0.1) is 16.2 Å². The minimum absolute atomic E-state index is 0.195. The number of carbonyl (C=O) groups is 2. The molecule has 0 aliphatic carbocycles. The summed E-state index contributed by atoms with van der Waals surface area (Å²) >= 11 is 3.54. The minimum atomic E-state index is -0.947. The molecular formula is C27H26BrN5O4. The van der Waals surface area contributed by atoms with Crippen molar-refractivity contribution >= 4 is 39.5 Å². The number of aromatic carboxylic acids is 1. The van der Waals surface area contributed by atoms with Gasteiger partial charge >= 0.3 is 12.1 Å². The number of likely N-dealkylation sites (tertiary alicyclic amines) is 1. The second-order valence-electron chi connectivity index (χ2n) is 8.95. The molecule has 2 N–H and O–H groups in total. The van der Waals surface area contributed by atoms with Crippen molar-refractivity contribution in [3.8, 4) is 0 Å². The number of ether oxygens (including phenoxy) is 1. The fourth-order valence-corrected chi connectivity index (χ4v) is 4.76. The lowest BCUT2D eigenvalue weighted by Crippen LogP contribution is -2.38. The predicted molar refractivity (Wildman–Crippen MR) is 142 cm³/mol. The summed E-state index contributed by atoms with van der Waals surface area (Å²) in [5.74, 6) is 0.0370. The summed E-state index contributed by atoms with van der Waals surface area (Å²) in [6, 6.07) is 18.4. The Bertz CT molecular complexity index is 1400. The van der Waals surface area contributed by atoms with E-state index in [1.165, 1.54) is 0 Å². The second kappa shape index (κ2) is 11.0. The molecule has 1 amide bonds. The van der Waals surface area contributed by atoms with Gasteiger partial charge < -0.3 is 20.1 Å². The molecule has 190 valence electrons. The summed E-state index contributed by atoms with van der Waals surface area (Å²) in [7, 11) is 0. The van der Waals surface area contributed by atoms with Crippen LogP contribution in [0.3, 0.4) is 0 Å². The van der Waals surface area contributed by atoms with Crippen molar-refractivity contribution in [1.82, 2.24) is 19.5 Å². The van der Waals surface area contributed by atoms with E-state index in [0.29, 0.717) is 25.3 Å². The summed E-state index contributed by atoms with van der Waals surface area (Å²) in [6.07, 6.45) is 2.99. The van der Waals surface area contributed by atoms with Gasteiger partial charge in [-0.25, -0.2) is 14.6 Å². The summed E-state index contributed by atoms with van der Waals surface area (Å²) < 4.78 is 8.04. The number of hydrogen-bond acceptors (Lipinski definition) is 6. The molecule has 37 heavy (non-hydrogen) atoms. The van der Waals surface area contributed by atoms with Crippen LogP contribution in [0.15, 0.2) is 71.3 Å². The molecule has 0 saturated carbocycles. The molecular weight excluding hydrogens is 538 g/mol. The summed E-state index contributed by atoms with van der Waals surface area (Å²) in [6.45, 7) is 1.97. The lowest BCUT2D eigenvalue weighted by Gasteiger charge is -2.31. The molecule has 2 aromatic heterocycles. The minimum Gasteiger partial charge on any atom is -0.478 e. The van der Waals surface area contributed by atoms with E-state index in [1.54, 1.807) is 39.9 Å². The number of carbonyl (C=O) groups excluding carboxylic acids is 1. The molecule has 0 atom stereocenters. The van der Waals surface area contributed by atoms with Crippen molar-refractivity contribution in [2.45, 2.75) is 31.9 Å². The molecule has 5 rings (SSSR count). The van der Waals surface area contributed by atoms with Crippen molar-refractivity contribution in [1.29, 1.82) is 0 Å². The molecule has 0 bridgehead atoms. The fourth-order valence-electron chi connectivity index (χ4n) is 4.42. The number of rotatable bonds is 7. The van der Waals surface area contributed by atoms with Crippen molar-refractivity contribution in [2.24, 2.45) is 0 Å². The van der Waals surface area contributed by atoms with Crippen LogP contribution in [0.1, 0.15) is 45.9 Å². The van der Waals surface area contributed by atoms with Gasteiger partial charge in [0.2, 0.25) is 0 Å². The van der Waals surface area contributed by atoms with Crippen molar-refractivity contribution in [2.75, 3.05) is 18.4 Å². The molecule has 0 spiro atoms. The van der Waals surface area contributed by atoms with Gasteiger partial charge in [-0.3, -0.25) is 0 Å². The number of benzene rings is 2. The van der Waals surface area contributed by atoms with Gasteiger partial charge in [-0.1, -0.05) is 42.5 Å². The zero-order chi connectivity index (χ0) is 25.8. The van der Waals surface area contributed by atoms with E-state index >= 15 is 0 Å². The van der Waals surface area contributed by atoms with Crippen LogP contribution in [-0.2, 0) is 17.9 Å². The number of fused-ring (bicyclic) bond motifs is 1. The van der Waals surface area contributed by atoms with E-state index in [-0.39, 0.29) is 24.2 Å². The Morgan fingerprint density at radius 1 is 1.05 bits per heavy atom. The molecule has 1 fully saturated rings. The number of anilines is 1. The van der Waals surface area contributed by atoms with E-state index in [0.717, 1.165) is 40.0 Å². The number of halogens is 1. The molecule has 3 heterocycles. The Morgan fingerprint density at radius 2 is 1.78 bits per heavy atom. The normalized spacial score (nSPS) is 14.0. The maximum atomic E-state index is 12.6. The topological polar surface area (TPSA) is 109 Å². The van der Waals surface area contributed by atoms with Crippen LogP contribution in [0.2, 0.25) is 0 Å². The monoisotopic (exact) mass is 563 g/mol. The van der Waals surface area contributed by atoms with E-state index in [4.69, 9.17) is 14.8 Å². The van der Waals surface area contributed by atoms with Crippen LogP contribution in [0.4, 0.5) is 10.6 Å². The Kier molecular flexibility index (Phi) is 7.36. The molecule has 1 saturated heterocycles. The van der Waals surface area contributed by atoms with Crippen LogP contribution < -0.4 is 5.32 Å². The lowest BCUT2D eigenvalue weighted by atomic mass is 9.93. The van der Waals surface area contributed by atoms with Gasteiger partial charge in [-0.2, -0.15) is 9.61 Å². The molecule has 10 heteroatoms. The van der Waals surface area contributed by atoms with E-state index < -0.39 is 5.97 Å².